The molecule has 1 aromatic carbocycles. The molecule has 0 saturated carbocycles. The van der Waals surface area contributed by atoms with Crippen LogP contribution in [0.15, 0.2) is 30.3 Å². The van der Waals surface area contributed by atoms with E-state index in [4.69, 9.17) is 0 Å². The number of pyridine rings is 1. The Hall–Kier alpha value is -2.83. The highest BCUT2D eigenvalue weighted by molar-refractivity contribution is 5.97. The average molecular weight is 348 g/mol. The van der Waals surface area contributed by atoms with Crippen molar-refractivity contribution in [2.45, 2.75) is 26.3 Å². The van der Waals surface area contributed by atoms with E-state index < -0.39 is 35.1 Å². The largest absolute Gasteiger partial charge is 0.467 e. The molecule has 2 rings (SSSR count). The van der Waals surface area contributed by atoms with Crippen molar-refractivity contribution in [2.75, 3.05) is 7.11 Å². The first-order valence-electron chi connectivity index (χ1n) is 7.58. The minimum absolute atomic E-state index is 0.110. The molecule has 0 saturated heterocycles. The lowest BCUT2D eigenvalue weighted by Gasteiger charge is -2.17. The number of aromatic nitrogens is 1. The van der Waals surface area contributed by atoms with Gasteiger partial charge in [0.1, 0.15) is 23.2 Å². The molecule has 0 aliphatic heterocycles. The Morgan fingerprint density at radius 3 is 2.24 bits per heavy atom. The Morgan fingerprint density at radius 1 is 1.16 bits per heavy atom. The Labute approximate surface area is 144 Å². The van der Waals surface area contributed by atoms with Gasteiger partial charge in [0, 0.05) is 17.8 Å². The molecule has 0 bridgehead atoms. The molecule has 1 atom stereocenters. The van der Waals surface area contributed by atoms with Gasteiger partial charge in [-0.1, -0.05) is 6.07 Å². The number of hydrogen-bond donors (Lipinski definition) is 1. The summed E-state index contributed by atoms with van der Waals surface area (Å²) in [5, 5.41) is 2.34. The smallest absolute Gasteiger partial charge is 0.328 e. The summed E-state index contributed by atoms with van der Waals surface area (Å²) in [4.78, 5) is 28.4. The number of hydrogen-bond acceptors (Lipinski definition) is 4. The molecule has 1 N–H and O–H groups in total. The topological polar surface area (TPSA) is 68.3 Å². The van der Waals surface area contributed by atoms with Crippen molar-refractivity contribution in [3.05, 3.63) is 64.5 Å². The van der Waals surface area contributed by atoms with Crippen LogP contribution in [-0.4, -0.2) is 30.0 Å². The molecule has 0 fully saturated rings. The SMILES string of the molecule is COC(=O)[C@H](Cc1cc(C)nc(C)c1)NC(=O)c1c(F)cccc1F. The number of esters is 1. The number of amides is 1. The van der Waals surface area contributed by atoms with Gasteiger partial charge in [-0.25, -0.2) is 13.6 Å². The second-order valence-electron chi connectivity index (χ2n) is 5.61. The van der Waals surface area contributed by atoms with Gasteiger partial charge in [-0.05, 0) is 43.7 Å². The van der Waals surface area contributed by atoms with Crippen molar-refractivity contribution in [1.29, 1.82) is 0 Å². The summed E-state index contributed by atoms with van der Waals surface area (Å²) in [5.74, 6) is -3.74. The minimum Gasteiger partial charge on any atom is -0.467 e. The van der Waals surface area contributed by atoms with Crippen LogP contribution in [0.4, 0.5) is 8.78 Å². The Balaban J connectivity index is 2.26. The Kier molecular flexibility index (Phi) is 5.80. The monoisotopic (exact) mass is 348 g/mol. The van der Waals surface area contributed by atoms with Gasteiger partial charge in [-0.3, -0.25) is 9.78 Å². The fourth-order valence-corrected chi connectivity index (χ4v) is 2.56. The van der Waals surface area contributed by atoms with Crippen LogP contribution in [0.1, 0.15) is 27.3 Å². The van der Waals surface area contributed by atoms with E-state index in [2.05, 4.69) is 15.0 Å². The number of carbonyl (C=O) groups excluding carboxylic acids is 2. The molecular weight excluding hydrogens is 330 g/mol. The zero-order chi connectivity index (χ0) is 18.6. The predicted molar refractivity (Wildman–Crippen MR) is 87.0 cm³/mol. The van der Waals surface area contributed by atoms with Gasteiger partial charge < -0.3 is 10.1 Å². The summed E-state index contributed by atoms with van der Waals surface area (Å²) < 4.78 is 32.2. The quantitative estimate of drug-likeness (QED) is 0.843. The van der Waals surface area contributed by atoms with E-state index >= 15 is 0 Å². The maximum absolute atomic E-state index is 13.7. The number of nitrogens with zero attached hydrogens (tertiary/aromatic N) is 1. The highest BCUT2D eigenvalue weighted by Crippen LogP contribution is 2.14. The van der Waals surface area contributed by atoms with Gasteiger partial charge in [0.15, 0.2) is 0 Å². The van der Waals surface area contributed by atoms with Crippen LogP contribution in [0.5, 0.6) is 0 Å². The fourth-order valence-electron chi connectivity index (χ4n) is 2.56. The number of methoxy groups -OCH3 is 1. The summed E-state index contributed by atoms with van der Waals surface area (Å²) in [6, 6.07) is 5.54. The molecule has 1 heterocycles. The first kappa shape index (κ1) is 18.5. The van der Waals surface area contributed by atoms with Gasteiger partial charge in [0.25, 0.3) is 5.91 Å². The van der Waals surface area contributed by atoms with Crippen LogP contribution in [0.25, 0.3) is 0 Å². The number of benzene rings is 1. The third-order valence-electron chi connectivity index (χ3n) is 3.56. The van der Waals surface area contributed by atoms with Crippen molar-refractivity contribution in [2.24, 2.45) is 0 Å². The van der Waals surface area contributed by atoms with Gasteiger partial charge in [-0.15, -0.1) is 0 Å². The normalized spacial score (nSPS) is 11.7. The number of nitrogens with one attached hydrogen (secondary N) is 1. The molecule has 1 amide bonds. The molecule has 7 heteroatoms. The summed E-state index contributed by atoms with van der Waals surface area (Å²) in [6.07, 6.45) is 0.110. The van der Waals surface area contributed by atoms with Crippen LogP contribution >= 0.6 is 0 Å². The number of ether oxygens (including phenoxy) is 1. The molecule has 0 aliphatic rings. The zero-order valence-corrected chi connectivity index (χ0v) is 14.1. The molecular formula is C18H18F2N2O3. The number of aryl methyl sites for hydroxylation is 2. The molecule has 0 radical (unpaired) electrons. The standard InChI is InChI=1S/C18H18F2N2O3/c1-10-7-12(8-11(2)21-10)9-15(18(24)25-3)22-17(23)16-13(19)5-4-6-14(16)20/h4-8,15H,9H2,1-3H3,(H,22,23)/t15-/m0/s1. The van der Waals surface area contributed by atoms with Gasteiger partial charge in [0.05, 0.1) is 7.11 Å². The molecule has 1 aromatic heterocycles. The first-order valence-corrected chi connectivity index (χ1v) is 7.58. The lowest BCUT2D eigenvalue weighted by molar-refractivity contribution is -0.142. The number of rotatable bonds is 5. The molecule has 5 nitrogen and oxygen atoms in total. The van der Waals surface area contributed by atoms with E-state index in [0.717, 1.165) is 35.2 Å². The molecule has 0 aliphatic carbocycles. The maximum atomic E-state index is 13.7. The number of halogens is 2. The van der Waals surface area contributed by atoms with Gasteiger partial charge in [-0.2, -0.15) is 0 Å². The van der Waals surface area contributed by atoms with Crippen molar-refractivity contribution in [3.8, 4) is 0 Å². The van der Waals surface area contributed by atoms with Crippen LogP contribution in [0.2, 0.25) is 0 Å². The highest BCUT2D eigenvalue weighted by Gasteiger charge is 2.26. The molecule has 132 valence electrons. The second-order valence-corrected chi connectivity index (χ2v) is 5.61. The summed E-state index contributed by atoms with van der Waals surface area (Å²) in [6.45, 7) is 3.61. The highest BCUT2D eigenvalue weighted by atomic mass is 19.1. The molecule has 2 aromatic rings. The average Bonchev–Trinajstić information content (AvgIpc) is 2.52. The van der Waals surface area contributed by atoms with Gasteiger partial charge in [0.2, 0.25) is 0 Å². The van der Waals surface area contributed by atoms with Crippen molar-refractivity contribution in [1.82, 2.24) is 10.3 Å². The van der Waals surface area contributed by atoms with Crippen LogP contribution in [-0.2, 0) is 16.0 Å². The Bertz CT molecular complexity index is 768. The Morgan fingerprint density at radius 2 is 1.72 bits per heavy atom. The lowest BCUT2D eigenvalue weighted by Crippen LogP contribution is -2.43. The van der Waals surface area contributed by atoms with Gasteiger partial charge >= 0.3 is 5.97 Å². The van der Waals surface area contributed by atoms with Crippen molar-refractivity contribution < 1.29 is 23.1 Å². The maximum Gasteiger partial charge on any atom is 0.328 e. The number of carbonyl (C=O) groups is 2. The zero-order valence-electron chi connectivity index (χ0n) is 14.1. The molecule has 0 unspecified atom stereocenters. The fraction of sp³-hybridized carbons (Fsp3) is 0.278. The minimum atomic E-state index is -1.09. The van der Waals surface area contributed by atoms with Crippen molar-refractivity contribution >= 4 is 11.9 Å². The second kappa shape index (κ2) is 7.83. The predicted octanol–water partition coefficient (Wildman–Crippen LogP) is 2.49. The third kappa shape index (κ3) is 4.59. The van der Waals surface area contributed by atoms with Crippen LogP contribution in [0, 0.1) is 25.5 Å². The van der Waals surface area contributed by atoms with E-state index in [1.165, 1.54) is 7.11 Å². The van der Waals surface area contributed by atoms with E-state index in [1.807, 2.05) is 0 Å². The molecule has 25 heavy (non-hydrogen) atoms. The summed E-state index contributed by atoms with van der Waals surface area (Å²) in [5.41, 5.74) is 1.52. The van der Waals surface area contributed by atoms with E-state index in [9.17, 15) is 18.4 Å². The van der Waals surface area contributed by atoms with Crippen LogP contribution < -0.4 is 5.32 Å². The third-order valence-corrected chi connectivity index (χ3v) is 3.56. The van der Waals surface area contributed by atoms with Crippen molar-refractivity contribution in [3.63, 3.8) is 0 Å². The van der Waals surface area contributed by atoms with E-state index in [1.54, 1.807) is 26.0 Å². The molecule has 0 spiro atoms. The van der Waals surface area contributed by atoms with E-state index in [-0.39, 0.29) is 6.42 Å². The first-order chi connectivity index (χ1) is 11.8. The van der Waals surface area contributed by atoms with E-state index in [0.29, 0.717) is 0 Å². The van der Waals surface area contributed by atoms with Crippen LogP contribution in [0.3, 0.4) is 0 Å². The lowest BCUT2D eigenvalue weighted by atomic mass is 10.0. The summed E-state index contributed by atoms with van der Waals surface area (Å²) in [7, 11) is 1.17. The summed E-state index contributed by atoms with van der Waals surface area (Å²) >= 11 is 0.